The number of hydrogen-bond acceptors (Lipinski definition) is 5. The van der Waals surface area contributed by atoms with E-state index in [9.17, 15) is 13.6 Å². The number of aromatic nitrogens is 3. The molecule has 1 aromatic heterocycles. The Kier molecular flexibility index (Phi) is 5.29. The first kappa shape index (κ1) is 18.2. The molecule has 9 heteroatoms. The molecule has 1 aliphatic carbocycles. The highest BCUT2D eigenvalue weighted by atomic mass is 32.2. The van der Waals surface area contributed by atoms with Gasteiger partial charge in [0.25, 0.3) is 0 Å². The van der Waals surface area contributed by atoms with Gasteiger partial charge in [-0.1, -0.05) is 31.0 Å². The van der Waals surface area contributed by atoms with Crippen LogP contribution in [-0.4, -0.2) is 33.1 Å². The van der Waals surface area contributed by atoms with Crippen LogP contribution in [0.15, 0.2) is 23.4 Å². The van der Waals surface area contributed by atoms with Gasteiger partial charge in [-0.3, -0.25) is 4.79 Å². The smallest absolute Gasteiger partial charge is 0.244 e. The Balaban J connectivity index is 1.53. The minimum Gasteiger partial charge on any atom is -0.482 e. The standard InChI is InChI=1S/C18H20F2N4O2S/c19-13-6-7-15(14(20)10-13)26-11-16-21-22-18-24(16)23(8-9-27-18)17(25)12-4-2-1-3-5-12/h6-7,10,12H,1-5,8-9,11H2. The van der Waals surface area contributed by atoms with Crippen molar-refractivity contribution in [3.05, 3.63) is 35.7 Å². The van der Waals surface area contributed by atoms with Crippen LogP contribution in [0, 0.1) is 17.6 Å². The zero-order chi connectivity index (χ0) is 18.8. The number of nitrogens with zero attached hydrogens (tertiary/aromatic N) is 4. The summed E-state index contributed by atoms with van der Waals surface area (Å²) < 4.78 is 34.0. The zero-order valence-electron chi connectivity index (χ0n) is 14.7. The molecule has 4 rings (SSSR count). The molecule has 1 fully saturated rings. The van der Waals surface area contributed by atoms with Crippen molar-refractivity contribution < 1.29 is 18.3 Å². The molecule has 0 saturated heterocycles. The van der Waals surface area contributed by atoms with Crippen LogP contribution in [0.2, 0.25) is 0 Å². The molecule has 6 nitrogen and oxygen atoms in total. The fraction of sp³-hybridized carbons (Fsp3) is 0.500. The van der Waals surface area contributed by atoms with Gasteiger partial charge in [-0.25, -0.2) is 18.5 Å². The summed E-state index contributed by atoms with van der Waals surface area (Å²) in [5.74, 6) is -0.222. The van der Waals surface area contributed by atoms with Crippen LogP contribution in [-0.2, 0) is 11.4 Å². The van der Waals surface area contributed by atoms with Crippen molar-refractivity contribution in [2.75, 3.05) is 17.3 Å². The molecule has 0 atom stereocenters. The molecule has 2 aliphatic rings. The SMILES string of the molecule is O=C(C1CCCCC1)N1CCSc2nnc(COc3ccc(F)cc3F)n21. The third-order valence-corrected chi connectivity index (χ3v) is 5.81. The summed E-state index contributed by atoms with van der Waals surface area (Å²) >= 11 is 1.52. The second-order valence-corrected chi connectivity index (χ2v) is 7.78. The molecule has 144 valence electrons. The van der Waals surface area contributed by atoms with Gasteiger partial charge >= 0.3 is 0 Å². The van der Waals surface area contributed by atoms with Crippen molar-refractivity contribution in [1.82, 2.24) is 14.9 Å². The number of fused-ring (bicyclic) bond motifs is 1. The summed E-state index contributed by atoms with van der Waals surface area (Å²) in [6.07, 6.45) is 5.15. The Bertz CT molecular complexity index is 839. The van der Waals surface area contributed by atoms with Gasteiger partial charge in [0, 0.05) is 17.7 Å². The van der Waals surface area contributed by atoms with Crippen molar-refractivity contribution >= 4 is 17.7 Å². The molecule has 0 N–H and O–H groups in total. The first-order valence-electron chi connectivity index (χ1n) is 9.10. The molecule has 0 unspecified atom stereocenters. The van der Waals surface area contributed by atoms with Crippen molar-refractivity contribution in [3.63, 3.8) is 0 Å². The summed E-state index contributed by atoms with van der Waals surface area (Å²) in [5.41, 5.74) is 0. The molecule has 2 aromatic rings. The molecule has 0 bridgehead atoms. The van der Waals surface area contributed by atoms with Crippen molar-refractivity contribution in [2.45, 2.75) is 43.9 Å². The lowest BCUT2D eigenvalue weighted by molar-refractivity contribution is -0.125. The van der Waals surface area contributed by atoms with E-state index in [-0.39, 0.29) is 24.2 Å². The lowest BCUT2D eigenvalue weighted by Gasteiger charge is -2.33. The van der Waals surface area contributed by atoms with Gasteiger partial charge in [0.05, 0.1) is 6.54 Å². The maximum absolute atomic E-state index is 13.8. The van der Waals surface area contributed by atoms with E-state index in [1.165, 1.54) is 24.2 Å². The molecule has 1 aliphatic heterocycles. The largest absolute Gasteiger partial charge is 0.482 e. The van der Waals surface area contributed by atoms with Gasteiger partial charge in [0.1, 0.15) is 12.4 Å². The number of carbonyl (C=O) groups is 1. The number of hydrogen-bond donors (Lipinski definition) is 0. The van der Waals surface area contributed by atoms with E-state index in [2.05, 4.69) is 10.2 Å². The molecule has 0 radical (unpaired) electrons. The van der Waals surface area contributed by atoms with Gasteiger partial charge < -0.3 is 4.74 Å². The van der Waals surface area contributed by atoms with Crippen LogP contribution in [0.4, 0.5) is 8.78 Å². The summed E-state index contributed by atoms with van der Waals surface area (Å²) in [7, 11) is 0. The third kappa shape index (κ3) is 3.78. The summed E-state index contributed by atoms with van der Waals surface area (Å²) in [6.45, 7) is 0.507. The fourth-order valence-electron chi connectivity index (χ4n) is 3.55. The van der Waals surface area contributed by atoms with E-state index in [4.69, 9.17) is 4.74 Å². The predicted octanol–water partition coefficient (Wildman–Crippen LogP) is 3.29. The number of rotatable bonds is 4. The monoisotopic (exact) mass is 394 g/mol. The van der Waals surface area contributed by atoms with E-state index in [1.54, 1.807) is 9.69 Å². The zero-order valence-corrected chi connectivity index (χ0v) is 15.6. The number of benzene rings is 1. The quantitative estimate of drug-likeness (QED) is 0.797. The highest BCUT2D eigenvalue weighted by Crippen LogP contribution is 2.29. The van der Waals surface area contributed by atoms with Gasteiger partial charge in [0.15, 0.2) is 17.4 Å². The topological polar surface area (TPSA) is 60.3 Å². The lowest BCUT2D eigenvalue weighted by atomic mass is 9.88. The number of amides is 1. The second-order valence-electron chi connectivity index (χ2n) is 6.72. The maximum atomic E-state index is 13.8. The van der Waals surface area contributed by atoms with Gasteiger partial charge in [-0.05, 0) is 25.0 Å². The van der Waals surface area contributed by atoms with Crippen LogP contribution in [0.1, 0.15) is 37.9 Å². The molecule has 0 spiro atoms. The average Bonchev–Trinajstić information content (AvgIpc) is 3.11. The number of halogens is 2. The molecule has 27 heavy (non-hydrogen) atoms. The average molecular weight is 394 g/mol. The van der Waals surface area contributed by atoms with E-state index >= 15 is 0 Å². The van der Waals surface area contributed by atoms with Crippen LogP contribution in [0.5, 0.6) is 5.75 Å². The Hall–Kier alpha value is -2.16. The molecule has 1 aromatic carbocycles. The fourth-order valence-corrected chi connectivity index (χ4v) is 4.42. The van der Waals surface area contributed by atoms with Crippen molar-refractivity contribution in [3.8, 4) is 5.75 Å². The van der Waals surface area contributed by atoms with Crippen LogP contribution < -0.4 is 9.75 Å². The highest BCUT2D eigenvalue weighted by Gasteiger charge is 2.32. The highest BCUT2D eigenvalue weighted by molar-refractivity contribution is 7.99. The van der Waals surface area contributed by atoms with Gasteiger partial charge in [0.2, 0.25) is 11.1 Å². The first-order valence-corrected chi connectivity index (χ1v) is 10.1. The molecule has 2 heterocycles. The number of thioether (sulfide) groups is 1. The predicted molar refractivity (Wildman–Crippen MR) is 96.1 cm³/mol. The van der Waals surface area contributed by atoms with Crippen molar-refractivity contribution in [1.29, 1.82) is 0 Å². The van der Waals surface area contributed by atoms with Gasteiger partial charge in [-0.2, -0.15) is 0 Å². The van der Waals surface area contributed by atoms with E-state index in [1.807, 2.05) is 0 Å². The Morgan fingerprint density at radius 3 is 2.81 bits per heavy atom. The van der Waals surface area contributed by atoms with Gasteiger partial charge in [-0.15, -0.1) is 10.2 Å². The Morgan fingerprint density at radius 1 is 1.22 bits per heavy atom. The third-order valence-electron chi connectivity index (χ3n) is 4.91. The molecule has 1 amide bonds. The summed E-state index contributed by atoms with van der Waals surface area (Å²) in [6, 6.07) is 3.13. The van der Waals surface area contributed by atoms with Crippen molar-refractivity contribution in [2.24, 2.45) is 5.92 Å². The first-order chi connectivity index (χ1) is 13.1. The van der Waals surface area contributed by atoms with Crippen LogP contribution >= 0.6 is 11.8 Å². The van der Waals surface area contributed by atoms with Crippen LogP contribution in [0.3, 0.4) is 0 Å². The maximum Gasteiger partial charge on any atom is 0.244 e. The Morgan fingerprint density at radius 2 is 2.04 bits per heavy atom. The normalized spacial score (nSPS) is 17.6. The summed E-state index contributed by atoms with van der Waals surface area (Å²) in [5, 5.41) is 10.6. The van der Waals surface area contributed by atoms with E-state index in [0.29, 0.717) is 17.5 Å². The van der Waals surface area contributed by atoms with E-state index < -0.39 is 11.6 Å². The second kappa shape index (κ2) is 7.84. The summed E-state index contributed by atoms with van der Waals surface area (Å²) in [4.78, 5) is 13.0. The molecular weight excluding hydrogens is 374 g/mol. The minimum atomic E-state index is -0.780. The minimum absolute atomic E-state index is 0.0282. The Labute approximate surface area is 159 Å². The lowest BCUT2D eigenvalue weighted by Crippen LogP contribution is -2.48. The van der Waals surface area contributed by atoms with Crippen LogP contribution in [0.25, 0.3) is 0 Å². The molecule has 1 saturated carbocycles. The molecular formula is C18H20F2N4O2S. The van der Waals surface area contributed by atoms with E-state index in [0.717, 1.165) is 43.6 Å². The number of carbonyl (C=O) groups excluding carboxylic acids is 1. The number of ether oxygens (including phenoxy) is 1.